The van der Waals surface area contributed by atoms with Gasteiger partial charge in [-0.15, -0.1) is 0 Å². The lowest BCUT2D eigenvalue weighted by molar-refractivity contribution is 0.0839. The second-order valence-corrected chi connectivity index (χ2v) is 6.65. The molecule has 0 radical (unpaired) electrons. The number of anilines is 1. The van der Waals surface area contributed by atoms with Gasteiger partial charge in [0.15, 0.2) is 0 Å². The highest BCUT2D eigenvalue weighted by Crippen LogP contribution is 2.33. The van der Waals surface area contributed by atoms with E-state index in [-0.39, 0.29) is 11.7 Å². The van der Waals surface area contributed by atoms with Crippen molar-refractivity contribution in [2.24, 2.45) is 20.0 Å². The molecule has 2 aromatic heterocycles. The number of ether oxygens (including phenoxy) is 1. The molecule has 0 saturated carbocycles. The lowest BCUT2D eigenvalue weighted by atomic mass is 10.0. The van der Waals surface area contributed by atoms with Gasteiger partial charge in [-0.3, -0.25) is 4.79 Å². The zero-order valence-corrected chi connectivity index (χ0v) is 14.5. The van der Waals surface area contributed by atoms with Crippen molar-refractivity contribution in [1.29, 1.82) is 0 Å². The maximum Gasteiger partial charge on any atom is 0.258 e. The molecule has 3 aromatic rings. The molecule has 3 heterocycles. The van der Waals surface area contributed by atoms with E-state index in [9.17, 15) is 4.79 Å². The second-order valence-electron chi connectivity index (χ2n) is 6.65. The second kappa shape index (κ2) is 6.37. The first kappa shape index (κ1) is 15.9. The van der Waals surface area contributed by atoms with E-state index in [0.29, 0.717) is 5.92 Å². The fraction of sp³-hybridized carbons (Fsp3) is 0.368. The number of aryl methyl sites for hydroxylation is 2. The number of hydrogen-bond donors (Lipinski definition) is 1. The molecular formula is C19H22N4O2. The van der Waals surface area contributed by atoms with Gasteiger partial charge in [-0.25, -0.2) is 4.98 Å². The van der Waals surface area contributed by atoms with Crippen LogP contribution in [0.5, 0.6) is 0 Å². The van der Waals surface area contributed by atoms with E-state index < -0.39 is 0 Å². The summed E-state index contributed by atoms with van der Waals surface area (Å²) in [5, 5.41) is 5.17. The molecule has 2 atom stereocenters. The van der Waals surface area contributed by atoms with E-state index in [1.165, 1.54) is 0 Å². The molecule has 0 unspecified atom stereocenters. The minimum absolute atomic E-state index is 0.0147. The number of aromatic nitrogens is 3. The number of pyridine rings is 1. The van der Waals surface area contributed by atoms with Gasteiger partial charge < -0.3 is 19.2 Å². The molecule has 1 fully saturated rings. The molecule has 1 N–H and O–H groups in total. The summed E-state index contributed by atoms with van der Waals surface area (Å²) in [7, 11) is 3.77. The van der Waals surface area contributed by atoms with Crippen LogP contribution in [0, 0.1) is 5.92 Å². The van der Waals surface area contributed by atoms with Crippen molar-refractivity contribution in [1.82, 2.24) is 14.1 Å². The Hall–Kier alpha value is -2.60. The molecule has 130 valence electrons. The van der Waals surface area contributed by atoms with Crippen molar-refractivity contribution < 1.29 is 4.74 Å². The van der Waals surface area contributed by atoms with E-state index >= 15 is 0 Å². The summed E-state index contributed by atoms with van der Waals surface area (Å²) in [6, 6.07) is 7.90. The Labute approximate surface area is 146 Å². The standard InChI is InChI=1S/C19H22N4O2/c1-22-9-7-20-18(22)17-14(6-10-25-17)12-21-15-4-3-13-5-8-23(2)19(24)16(13)11-15/h3-5,7-9,11,14,17,21H,6,10,12H2,1-2H3/t14-,17+/m0/s1. The predicted molar refractivity (Wildman–Crippen MR) is 97.7 cm³/mol. The molecular weight excluding hydrogens is 316 g/mol. The lowest BCUT2D eigenvalue weighted by Gasteiger charge is -2.19. The van der Waals surface area contributed by atoms with Crippen molar-refractivity contribution in [2.75, 3.05) is 18.5 Å². The summed E-state index contributed by atoms with van der Waals surface area (Å²) in [4.78, 5) is 16.7. The zero-order chi connectivity index (χ0) is 17.4. The molecule has 6 heteroatoms. The molecule has 4 rings (SSSR count). The summed E-state index contributed by atoms with van der Waals surface area (Å²) < 4.78 is 9.53. The van der Waals surface area contributed by atoms with Gasteiger partial charge in [0.05, 0.1) is 0 Å². The summed E-state index contributed by atoms with van der Waals surface area (Å²) >= 11 is 0. The number of rotatable bonds is 4. The Morgan fingerprint density at radius 2 is 2.12 bits per heavy atom. The minimum atomic E-state index is 0.0147. The molecule has 0 aliphatic carbocycles. The minimum Gasteiger partial charge on any atom is -0.385 e. The molecule has 0 amide bonds. The van der Waals surface area contributed by atoms with Gasteiger partial charge in [0.1, 0.15) is 11.9 Å². The Bertz CT molecular complexity index is 959. The third-order valence-corrected chi connectivity index (χ3v) is 4.98. The highest BCUT2D eigenvalue weighted by molar-refractivity contribution is 5.84. The topological polar surface area (TPSA) is 61.1 Å². The van der Waals surface area contributed by atoms with Gasteiger partial charge in [0, 0.05) is 62.8 Å². The van der Waals surface area contributed by atoms with Crippen LogP contribution >= 0.6 is 0 Å². The van der Waals surface area contributed by atoms with Gasteiger partial charge in [-0.2, -0.15) is 0 Å². The highest BCUT2D eigenvalue weighted by Gasteiger charge is 2.32. The third-order valence-electron chi connectivity index (χ3n) is 4.98. The maximum absolute atomic E-state index is 12.3. The smallest absolute Gasteiger partial charge is 0.258 e. The molecule has 1 aliphatic rings. The Kier molecular flexibility index (Phi) is 4.05. The normalized spacial score (nSPS) is 20.2. The number of hydrogen-bond acceptors (Lipinski definition) is 4. The maximum atomic E-state index is 12.3. The first-order valence-corrected chi connectivity index (χ1v) is 8.55. The first-order chi connectivity index (χ1) is 12.1. The third kappa shape index (κ3) is 2.93. The zero-order valence-electron chi connectivity index (χ0n) is 14.5. The average Bonchev–Trinajstić information content (AvgIpc) is 3.24. The van der Waals surface area contributed by atoms with E-state index in [1.807, 2.05) is 42.1 Å². The van der Waals surface area contributed by atoms with E-state index in [4.69, 9.17) is 4.74 Å². The van der Waals surface area contributed by atoms with E-state index in [1.54, 1.807) is 24.0 Å². The van der Waals surface area contributed by atoms with Crippen LogP contribution in [0.15, 0.2) is 47.7 Å². The van der Waals surface area contributed by atoms with Gasteiger partial charge in [-0.1, -0.05) is 6.07 Å². The van der Waals surface area contributed by atoms with Crippen LogP contribution in [-0.4, -0.2) is 27.3 Å². The first-order valence-electron chi connectivity index (χ1n) is 8.55. The van der Waals surface area contributed by atoms with Gasteiger partial charge in [0.25, 0.3) is 5.56 Å². The summed E-state index contributed by atoms with van der Waals surface area (Å²) in [6.07, 6.45) is 6.56. The Morgan fingerprint density at radius 3 is 2.92 bits per heavy atom. The van der Waals surface area contributed by atoms with Crippen molar-refractivity contribution in [3.63, 3.8) is 0 Å². The van der Waals surface area contributed by atoms with Crippen LogP contribution in [0.1, 0.15) is 18.3 Å². The number of nitrogens with zero attached hydrogens (tertiary/aromatic N) is 3. The fourth-order valence-electron chi connectivity index (χ4n) is 3.48. The Balaban J connectivity index is 1.53. The van der Waals surface area contributed by atoms with Crippen LogP contribution in [0.4, 0.5) is 5.69 Å². The van der Waals surface area contributed by atoms with Crippen LogP contribution in [0.3, 0.4) is 0 Å². The quantitative estimate of drug-likeness (QED) is 0.794. The SMILES string of the molecule is Cn1ccnc1[C@@H]1OCC[C@H]1CNc1ccc2ccn(C)c(=O)c2c1. The molecule has 1 aliphatic heterocycles. The van der Waals surface area contributed by atoms with Crippen molar-refractivity contribution in [3.8, 4) is 0 Å². The molecule has 0 bridgehead atoms. The molecule has 1 saturated heterocycles. The van der Waals surface area contributed by atoms with Crippen LogP contribution in [-0.2, 0) is 18.8 Å². The van der Waals surface area contributed by atoms with Gasteiger partial charge in [0.2, 0.25) is 0 Å². The van der Waals surface area contributed by atoms with E-state index in [2.05, 4.69) is 10.3 Å². The number of benzene rings is 1. The van der Waals surface area contributed by atoms with Gasteiger partial charge >= 0.3 is 0 Å². The Morgan fingerprint density at radius 1 is 1.24 bits per heavy atom. The predicted octanol–water partition coefficient (Wildman–Crippen LogP) is 2.46. The summed E-state index contributed by atoms with van der Waals surface area (Å²) in [5.41, 5.74) is 0.984. The van der Waals surface area contributed by atoms with Crippen LogP contribution in [0.2, 0.25) is 0 Å². The monoisotopic (exact) mass is 338 g/mol. The summed E-state index contributed by atoms with van der Waals surface area (Å²) in [6.45, 7) is 1.54. The summed E-state index contributed by atoms with van der Waals surface area (Å²) in [5.74, 6) is 1.33. The number of fused-ring (bicyclic) bond motifs is 1. The number of imidazole rings is 1. The molecule has 0 spiro atoms. The van der Waals surface area contributed by atoms with E-state index in [0.717, 1.165) is 41.9 Å². The number of nitrogens with one attached hydrogen (secondary N) is 1. The van der Waals surface area contributed by atoms with Crippen molar-refractivity contribution >= 4 is 16.5 Å². The lowest BCUT2D eigenvalue weighted by Crippen LogP contribution is -2.20. The van der Waals surface area contributed by atoms with Crippen molar-refractivity contribution in [3.05, 3.63) is 59.0 Å². The average molecular weight is 338 g/mol. The highest BCUT2D eigenvalue weighted by atomic mass is 16.5. The molecule has 1 aromatic carbocycles. The molecule has 25 heavy (non-hydrogen) atoms. The fourth-order valence-corrected chi connectivity index (χ4v) is 3.48. The molecule has 6 nitrogen and oxygen atoms in total. The van der Waals surface area contributed by atoms with Crippen LogP contribution in [0.25, 0.3) is 10.8 Å². The van der Waals surface area contributed by atoms with Crippen molar-refractivity contribution in [2.45, 2.75) is 12.5 Å². The van der Waals surface area contributed by atoms with Gasteiger partial charge in [-0.05, 0) is 30.0 Å². The van der Waals surface area contributed by atoms with Crippen LogP contribution < -0.4 is 10.9 Å². The largest absolute Gasteiger partial charge is 0.385 e.